The van der Waals surface area contributed by atoms with E-state index in [1.165, 1.54) is 11.9 Å². The monoisotopic (exact) mass is 258 g/mol. The van der Waals surface area contributed by atoms with Crippen LogP contribution in [0, 0.1) is 0 Å². The van der Waals surface area contributed by atoms with Crippen molar-refractivity contribution < 1.29 is 0 Å². The molecule has 0 spiro atoms. The summed E-state index contributed by atoms with van der Waals surface area (Å²) in [5, 5.41) is 3.62. The fourth-order valence-corrected chi connectivity index (χ4v) is 3.07. The van der Waals surface area contributed by atoms with E-state index < -0.39 is 0 Å². The highest BCUT2D eigenvalue weighted by Gasteiger charge is 2.37. The average molecular weight is 258 g/mol. The summed E-state index contributed by atoms with van der Waals surface area (Å²) < 4.78 is 2.36. The van der Waals surface area contributed by atoms with E-state index in [9.17, 15) is 0 Å². The molecule has 19 heavy (non-hydrogen) atoms. The normalized spacial score (nSPS) is 24.2. The molecule has 102 valence electrons. The Balaban J connectivity index is 2.29. The van der Waals surface area contributed by atoms with Gasteiger partial charge in [0.25, 0.3) is 0 Å². The number of pyridine rings is 1. The summed E-state index contributed by atoms with van der Waals surface area (Å²) >= 11 is 0. The van der Waals surface area contributed by atoms with Crippen molar-refractivity contribution in [2.45, 2.75) is 51.6 Å². The van der Waals surface area contributed by atoms with Gasteiger partial charge >= 0.3 is 0 Å². The van der Waals surface area contributed by atoms with Gasteiger partial charge < -0.3 is 9.88 Å². The lowest BCUT2D eigenvalue weighted by atomic mass is 9.97. The maximum atomic E-state index is 4.87. The Morgan fingerprint density at radius 2 is 2.16 bits per heavy atom. The van der Waals surface area contributed by atoms with Crippen molar-refractivity contribution in [1.29, 1.82) is 0 Å². The van der Waals surface area contributed by atoms with E-state index in [0.29, 0.717) is 0 Å². The van der Waals surface area contributed by atoms with Gasteiger partial charge in [-0.2, -0.15) is 0 Å². The number of fused-ring (bicyclic) bond motifs is 1. The molecule has 0 radical (unpaired) electrons. The van der Waals surface area contributed by atoms with Gasteiger partial charge in [-0.3, -0.25) is 4.98 Å². The third-order valence-electron chi connectivity index (χ3n) is 3.99. The number of nitrogens with zero attached hydrogens (tertiary/aromatic N) is 3. The Morgan fingerprint density at radius 3 is 2.79 bits per heavy atom. The van der Waals surface area contributed by atoms with Crippen molar-refractivity contribution in [3.63, 3.8) is 0 Å². The molecule has 1 fully saturated rings. The van der Waals surface area contributed by atoms with Crippen LogP contribution in [0.3, 0.4) is 0 Å². The van der Waals surface area contributed by atoms with E-state index in [2.05, 4.69) is 48.6 Å². The van der Waals surface area contributed by atoms with Gasteiger partial charge in [-0.05, 0) is 53.1 Å². The van der Waals surface area contributed by atoms with Crippen molar-refractivity contribution in [2.24, 2.45) is 0 Å². The first-order chi connectivity index (χ1) is 8.92. The summed E-state index contributed by atoms with van der Waals surface area (Å²) in [5.74, 6) is 1.14. The SMILES string of the molecule is CC1(c2nc3cnccc3n2C(C)(C)C)CCCN1. The van der Waals surface area contributed by atoms with E-state index in [0.717, 1.165) is 24.3 Å². The topological polar surface area (TPSA) is 42.7 Å². The zero-order valence-electron chi connectivity index (χ0n) is 12.2. The van der Waals surface area contributed by atoms with Gasteiger partial charge in [0.05, 0.1) is 17.3 Å². The largest absolute Gasteiger partial charge is 0.321 e. The molecule has 4 nitrogen and oxygen atoms in total. The molecule has 0 bridgehead atoms. The minimum absolute atomic E-state index is 0.0126. The van der Waals surface area contributed by atoms with Gasteiger partial charge in [-0.25, -0.2) is 4.98 Å². The third kappa shape index (κ3) is 1.94. The fraction of sp³-hybridized carbons (Fsp3) is 0.600. The van der Waals surface area contributed by atoms with E-state index >= 15 is 0 Å². The molecule has 3 rings (SSSR count). The van der Waals surface area contributed by atoms with Crippen LogP contribution in [-0.2, 0) is 11.1 Å². The second-order valence-corrected chi connectivity index (χ2v) is 6.67. The summed E-state index contributed by atoms with van der Waals surface area (Å²) in [5.41, 5.74) is 2.15. The van der Waals surface area contributed by atoms with Crippen LogP contribution in [0.1, 0.15) is 46.4 Å². The van der Waals surface area contributed by atoms with E-state index in [-0.39, 0.29) is 11.1 Å². The smallest absolute Gasteiger partial charge is 0.130 e. The lowest BCUT2D eigenvalue weighted by Crippen LogP contribution is -2.39. The molecular formula is C15H22N4. The quantitative estimate of drug-likeness (QED) is 0.855. The van der Waals surface area contributed by atoms with Crippen LogP contribution in [0.5, 0.6) is 0 Å². The Labute approximate surface area is 114 Å². The molecule has 1 aliphatic heterocycles. The molecule has 4 heteroatoms. The molecule has 1 saturated heterocycles. The van der Waals surface area contributed by atoms with Crippen LogP contribution in [0.4, 0.5) is 0 Å². The van der Waals surface area contributed by atoms with Crippen molar-refractivity contribution in [1.82, 2.24) is 19.9 Å². The predicted octanol–water partition coefficient (Wildman–Crippen LogP) is 2.78. The number of hydrogen-bond donors (Lipinski definition) is 1. The molecular weight excluding hydrogens is 236 g/mol. The first kappa shape index (κ1) is 12.6. The van der Waals surface area contributed by atoms with Gasteiger partial charge in [-0.1, -0.05) is 0 Å². The van der Waals surface area contributed by atoms with Crippen LogP contribution < -0.4 is 5.32 Å². The summed E-state index contributed by atoms with van der Waals surface area (Å²) in [6.07, 6.45) is 6.06. The second-order valence-electron chi connectivity index (χ2n) is 6.67. The van der Waals surface area contributed by atoms with Crippen LogP contribution in [0.2, 0.25) is 0 Å². The molecule has 2 aromatic heterocycles. The van der Waals surface area contributed by atoms with Gasteiger partial charge in [-0.15, -0.1) is 0 Å². The van der Waals surface area contributed by atoms with Crippen molar-refractivity contribution in [3.8, 4) is 0 Å². The Bertz CT molecular complexity index is 600. The molecule has 1 aliphatic rings. The molecule has 2 aromatic rings. The molecule has 1 N–H and O–H groups in total. The molecule has 0 aromatic carbocycles. The Morgan fingerprint density at radius 1 is 1.37 bits per heavy atom. The fourth-order valence-electron chi connectivity index (χ4n) is 3.07. The van der Waals surface area contributed by atoms with E-state index in [4.69, 9.17) is 4.98 Å². The van der Waals surface area contributed by atoms with Crippen molar-refractivity contribution >= 4 is 11.0 Å². The van der Waals surface area contributed by atoms with E-state index in [1.807, 2.05) is 12.4 Å². The minimum atomic E-state index is -0.0215. The van der Waals surface area contributed by atoms with Crippen LogP contribution >= 0.6 is 0 Å². The Hall–Kier alpha value is -1.42. The molecule has 3 heterocycles. The zero-order chi connectivity index (χ0) is 13.7. The Kier molecular flexibility index (Phi) is 2.68. The van der Waals surface area contributed by atoms with Crippen LogP contribution in [-0.4, -0.2) is 21.1 Å². The number of nitrogens with one attached hydrogen (secondary N) is 1. The lowest BCUT2D eigenvalue weighted by Gasteiger charge is -2.31. The molecule has 0 saturated carbocycles. The first-order valence-electron chi connectivity index (χ1n) is 7.00. The highest BCUT2D eigenvalue weighted by molar-refractivity contribution is 5.75. The van der Waals surface area contributed by atoms with Gasteiger partial charge in [0.2, 0.25) is 0 Å². The van der Waals surface area contributed by atoms with Gasteiger partial charge in [0.15, 0.2) is 0 Å². The second kappa shape index (κ2) is 4.04. The van der Waals surface area contributed by atoms with E-state index in [1.54, 1.807) is 0 Å². The lowest BCUT2D eigenvalue weighted by molar-refractivity contribution is 0.326. The highest BCUT2D eigenvalue weighted by atomic mass is 15.2. The minimum Gasteiger partial charge on any atom is -0.321 e. The summed E-state index contributed by atoms with van der Waals surface area (Å²) in [6, 6.07) is 2.06. The van der Waals surface area contributed by atoms with Crippen molar-refractivity contribution in [3.05, 3.63) is 24.3 Å². The van der Waals surface area contributed by atoms with Crippen LogP contribution in [0.15, 0.2) is 18.5 Å². The number of rotatable bonds is 1. The summed E-state index contributed by atoms with van der Waals surface area (Å²) in [4.78, 5) is 9.07. The van der Waals surface area contributed by atoms with Gasteiger partial charge in [0.1, 0.15) is 11.3 Å². The predicted molar refractivity (Wildman–Crippen MR) is 77.1 cm³/mol. The molecule has 1 unspecified atom stereocenters. The van der Waals surface area contributed by atoms with Crippen molar-refractivity contribution in [2.75, 3.05) is 6.54 Å². The third-order valence-corrected chi connectivity index (χ3v) is 3.99. The number of hydrogen-bond acceptors (Lipinski definition) is 3. The van der Waals surface area contributed by atoms with Crippen LogP contribution in [0.25, 0.3) is 11.0 Å². The highest BCUT2D eigenvalue weighted by Crippen LogP contribution is 2.35. The average Bonchev–Trinajstić information content (AvgIpc) is 2.92. The van der Waals surface area contributed by atoms with Gasteiger partial charge in [0, 0.05) is 11.7 Å². The molecule has 0 amide bonds. The number of aromatic nitrogens is 3. The standard InChI is InChI=1S/C15H22N4/c1-14(2,3)19-12-6-9-16-10-11(12)18-13(19)15(4)7-5-8-17-15/h6,9-10,17H,5,7-8H2,1-4H3. The summed E-state index contributed by atoms with van der Waals surface area (Å²) in [6.45, 7) is 10.0. The molecule has 1 atom stereocenters. The first-order valence-corrected chi connectivity index (χ1v) is 7.00. The summed E-state index contributed by atoms with van der Waals surface area (Å²) in [7, 11) is 0. The molecule has 0 aliphatic carbocycles. The maximum absolute atomic E-state index is 4.87. The maximum Gasteiger partial charge on any atom is 0.130 e. The number of imidazole rings is 1. The zero-order valence-corrected chi connectivity index (χ0v) is 12.2.